The number of hydrogen-bond donors (Lipinski definition) is 2. The number of thioether (sulfide) groups is 1. The van der Waals surface area contributed by atoms with E-state index in [9.17, 15) is 0 Å². The van der Waals surface area contributed by atoms with Crippen LogP contribution in [0.25, 0.3) is 0 Å². The van der Waals surface area contributed by atoms with Crippen molar-refractivity contribution < 1.29 is 5.11 Å². The first-order valence-electron chi connectivity index (χ1n) is 5.96. The minimum atomic E-state index is 0.168. The van der Waals surface area contributed by atoms with Crippen molar-refractivity contribution in [3.05, 3.63) is 11.4 Å². The molecule has 0 spiro atoms. The van der Waals surface area contributed by atoms with E-state index in [0.717, 1.165) is 28.8 Å². The molecule has 1 aromatic rings. The largest absolute Gasteiger partial charge is 0.396 e. The maximum atomic E-state index is 8.89. The van der Waals surface area contributed by atoms with Crippen LogP contribution in [0.5, 0.6) is 0 Å². The van der Waals surface area contributed by atoms with E-state index in [1.165, 1.54) is 0 Å². The molecule has 0 aliphatic carbocycles. The molecule has 0 radical (unpaired) electrons. The molecule has 0 fully saturated rings. The summed E-state index contributed by atoms with van der Waals surface area (Å²) in [4.78, 5) is 9.09. The molecule has 0 saturated carbocycles. The Balaban J connectivity index is 3.08. The second-order valence-corrected chi connectivity index (χ2v) is 5.20. The van der Waals surface area contributed by atoms with Gasteiger partial charge in [0, 0.05) is 23.8 Å². The zero-order chi connectivity index (χ0) is 12.8. The number of aliphatic hydroxyl groups excluding tert-OH is 1. The highest BCUT2D eigenvalue weighted by Gasteiger charge is 2.12. The second kappa shape index (κ2) is 6.81. The van der Waals surface area contributed by atoms with E-state index in [-0.39, 0.29) is 6.61 Å². The van der Waals surface area contributed by atoms with E-state index in [1.807, 2.05) is 6.92 Å². The van der Waals surface area contributed by atoms with Gasteiger partial charge in [-0.1, -0.05) is 13.8 Å². The topological polar surface area (TPSA) is 58.0 Å². The minimum absolute atomic E-state index is 0.168. The number of aromatic nitrogens is 2. The highest BCUT2D eigenvalue weighted by molar-refractivity contribution is 7.99. The fourth-order valence-electron chi connectivity index (χ4n) is 1.39. The van der Waals surface area contributed by atoms with Crippen LogP contribution in [0, 0.1) is 6.92 Å². The number of aliphatic hydroxyl groups is 1. The van der Waals surface area contributed by atoms with Crippen LogP contribution in [0.15, 0.2) is 5.03 Å². The first kappa shape index (κ1) is 14.3. The first-order chi connectivity index (χ1) is 8.10. The number of anilines is 1. The Morgan fingerprint density at radius 2 is 2.06 bits per heavy atom. The Kier molecular flexibility index (Phi) is 5.71. The van der Waals surface area contributed by atoms with Gasteiger partial charge in [-0.25, -0.2) is 9.97 Å². The van der Waals surface area contributed by atoms with Gasteiger partial charge in [0.05, 0.1) is 6.61 Å². The normalized spacial score (nSPS) is 10.9. The highest BCUT2D eigenvalue weighted by Crippen LogP contribution is 2.26. The number of rotatable bonds is 6. The van der Waals surface area contributed by atoms with Crippen LogP contribution < -0.4 is 5.32 Å². The number of hydrogen-bond acceptors (Lipinski definition) is 5. The van der Waals surface area contributed by atoms with Crippen LogP contribution in [0.2, 0.25) is 0 Å². The summed E-state index contributed by atoms with van der Waals surface area (Å²) in [6.07, 6.45) is 0. The average Bonchev–Trinajstić information content (AvgIpc) is 2.30. The Morgan fingerprint density at radius 1 is 1.35 bits per heavy atom. The van der Waals surface area contributed by atoms with E-state index in [0.29, 0.717) is 11.7 Å². The first-order valence-corrected chi connectivity index (χ1v) is 6.94. The second-order valence-electron chi connectivity index (χ2n) is 4.12. The quantitative estimate of drug-likeness (QED) is 0.604. The van der Waals surface area contributed by atoms with Crippen LogP contribution in [0.1, 0.15) is 38.1 Å². The molecule has 0 aliphatic rings. The summed E-state index contributed by atoms with van der Waals surface area (Å²) >= 11 is 1.58. The molecule has 0 atom stereocenters. The van der Waals surface area contributed by atoms with Gasteiger partial charge in [0.25, 0.3) is 0 Å². The minimum Gasteiger partial charge on any atom is -0.396 e. The molecule has 1 rings (SSSR count). The van der Waals surface area contributed by atoms with Crippen molar-refractivity contribution in [1.82, 2.24) is 9.97 Å². The Hall–Kier alpha value is -0.810. The Labute approximate surface area is 107 Å². The van der Waals surface area contributed by atoms with E-state index in [2.05, 4.69) is 36.1 Å². The van der Waals surface area contributed by atoms with Crippen molar-refractivity contribution in [2.24, 2.45) is 0 Å². The van der Waals surface area contributed by atoms with Crippen molar-refractivity contribution >= 4 is 17.6 Å². The molecule has 0 aromatic carbocycles. The molecule has 5 heteroatoms. The monoisotopic (exact) mass is 255 g/mol. The van der Waals surface area contributed by atoms with Gasteiger partial charge in [-0.3, -0.25) is 0 Å². The van der Waals surface area contributed by atoms with E-state index in [1.54, 1.807) is 11.8 Å². The Bertz CT molecular complexity index is 369. The lowest BCUT2D eigenvalue weighted by Gasteiger charge is -2.14. The van der Waals surface area contributed by atoms with Crippen molar-refractivity contribution in [2.45, 2.75) is 38.6 Å². The maximum absolute atomic E-state index is 8.89. The van der Waals surface area contributed by atoms with Crippen LogP contribution in [-0.4, -0.2) is 34.0 Å². The van der Waals surface area contributed by atoms with E-state index < -0.39 is 0 Å². The van der Waals surface area contributed by atoms with Gasteiger partial charge in [-0.15, -0.1) is 11.8 Å². The van der Waals surface area contributed by atoms with Gasteiger partial charge in [0.2, 0.25) is 0 Å². The molecule has 0 unspecified atom stereocenters. The van der Waals surface area contributed by atoms with Crippen molar-refractivity contribution in [3.63, 3.8) is 0 Å². The van der Waals surface area contributed by atoms with Crippen LogP contribution >= 0.6 is 11.8 Å². The fraction of sp³-hybridized carbons (Fsp3) is 0.667. The Morgan fingerprint density at radius 3 is 2.59 bits per heavy atom. The van der Waals surface area contributed by atoms with Crippen molar-refractivity contribution in [3.8, 4) is 0 Å². The molecular formula is C12H21N3OS. The SMILES string of the molecule is CCNc1nc(C(C)C)nc(SCCO)c1C. The molecule has 1 aromatic heterocycles. The lowest BCUT2D eigenvalue weighted by Crippen LogP contribution is -2.08. The van der Waals surface area contributed by atoms with Gasteiger partial charge < -0.3 is 10.4 Å². The summed E-state index contributed by atoms with van der Waals surface area (Å²) in [5.74, 6) is 2.74. The molecular weight excluding hydrogens is 234 g/mol. The summed E-state index contributed by atoms with van der Waals surface area (Å²) in [5.41, 5.74) is 1.06. The van der Waals surface area contributed by atoms with Crippen LogP contribution in [0.3, 0.4) is 0 Å². The lowest BCUT2D eigenvalue weighted by atomic mass is 10.2. The fourth-order valence-corrected chi connectivity index (χ4v) is 2.15. The predicted molar refractivity (Wildman–Crippen MR) is 72.8 cm³/mol. The third-order valence-electron chi connectivity index (χ3n) is 2.31. The van der Waals surface area contributed by atoms with E-state index >= 15 is 0 Å². The highest BCUT2D eigenvalue weighted by atomic mass is 32.2. The zero-order valence-electron chi connectivity index (χ0n) is 10.9. The van der Waals surface area contributed by atoms with Gasteiger partial charge in [-0.2, -0.15) is 0 Å². The third kappa shape index (κ3) is 3.85. The van der Waals surface area contributed by atoms with E-state index in [4.69, 9.17) is 5.11 Å². The van der Waals surface area contributed by atoms with Gasteiger partial charge in [0.15, 0.2) is 0 Å². The summed E-state index contributed by atoms with van der Waals surface area (Å²) in [6.45, 7) is 9.25. The standard InChI is InChI=1S/C12H21N3OS/c1-5-13-11-9(4)12(17-7-6-16)15-10(14-11)8(2)3/h8,16H,5-7H2,1-4H3,(H,13,14,15). The molecule has 0 aliphatic heterocycles. The molecule has 0 amide bonds. The zero-order valence-corrected chi connectivity index (χ0v) is 11.8. The summed E-state index contributed by atoms with van der Waals surface area (Å²) in [5, 5.41) is 13.1. The average molecular weight is 255 g/mol. The third-order valence-corrected chi connectivity index (χ3v) is 3.37. The molecule has 0 saturated heterocycles. The summed E-state index contributed by atoms with van der Waals surface area (Å²) in [6, 6.07) is 0. The molecule has 0 bridgehead atoms. The maximum Gasteiger partial charge on any atom is 0.134 e. The lowest BCUT2D eigenvalue weighted by molar-refractivity contribution is 0.322. The van der Waals surface area contributed by atoms with Gasteiger partial charge in [-0.05, 0) is 13.8 Å². The van der Waals surface area contributed by atoms with Crippen molar-refractivity contribution in [2.75, 3.05) is 24.2 Å². The summed E-state index contributed by atoms with van der Waals surface area (Å²) in [7, 11) is 0. The van der Waals surface area contributed by atoms with Crippen molar-refractivity contribution in [1.29, 1.82) is 0 Å². The van der Waals surface area contributed by atoms with Crippen LogP contribution in [0.4, 0.5) is 5.82 Å². The molecule has 1 heterocycles. The molecule has 96 valence electrons. The smallest absolute Gasteiger partial charge is 0.134 e. The van der Waals surface area contributed by atoms with Gasteiger partial charge >= 0.3 is 0 Å². The number of nitrogens with zero attached hydrogens (tertiary/aromatic N) is 2. The molecule has 2 N–H and O–H groups in total. The molecule has 4 nitrogen and oxygen atoms in total. The molecule has 17 heavy (non-hydrogen) atoms. The predicted octanol–water partition coefficient (Wildman–Crippen LogP) is 2.42. The number of nitrogens with one attached hydrogen (secondary N) is 1. The van der Waals surface area contributed by atoms with Crippen LogP contribution in [-0.2, 0) is 0 Å². The van der Waals surface area contributed by atoms with Gasteiger partial charge in [0.1, 0.15) is 16.7 Å². The summed E-state index contributed by atoms with van der Waals surface area (Å²) < 4.78 is 0.